The van der Waals surface area contributed by atoms with Crippen molar-refractivity contribution in [3.8, 4) is 0 Å². The van der Waals surface area contributed by atoms with E-state index in [2.05, 4.69) is 10.2 Å². The van der Waals surface area contributed by atoms with Crippen molar-refractivity contribution >= 4 is 0 Å². The number of hydrogen-bond donors (Lipinski definition) is 1. The van der Waals surface area contributed by atoms with E-state index in [-0.39, 0.29) is 17.5 Å². The van der Waals surface area contributed by atoms with Crippen LogP contribution in [0.3, 0.4) is 0 Å². The summed E-state index contributed by atoms with van der Waals surface area (Å²) < 4.78 is 40.9. The van der Waals surface area contributed by atoms with Gasteiger partial charge in [0.05, 0.1) is 0 Å². The molecule has 0 radical (unpaired) electrons. The molecule has 5 heteroatoms. The van der Waals surface area contributed by atoms with Crippen LogP contribution in [-0.4, -0.2) is 31.6 Å². The topological polar surface area (TPSA) is 15.3 Å². The molecule has 0 amide bonds. The van der Waals surface area contributed by atoms with Crippen LogP contribution in [0.1, 0.15) is 37.8 Å². The van der Waals surface area contributed by atoms with Crippen molar-refractivity contribution in [3.05, 3.63) is 35.1 Å². The zero-order chi connectivity index (χ0) is 15.4. The van der Waals surface area contributed by atoms with Crippen LogP contribution in [0, 0.1) is 23.4 Å². The summed E-state index contributed by atoms with van der Waals surface area (Å²) in [5, 5.41) is 3.29. The molecule has 1 fully saturated rings. The molecular formula is C16H23F3N2. The first-order valence-corrected chi connectivity index (χ1v) is 7.60. The summed E-state index contributed by atoms with van der Waals surface area (Å²) in [6, 6.07) is 1.46. The zero-order valence-electron chi connectivity index (χ0n) is 12.6. The van der Waals surface area contributed by atoms with E-state index < -0.39 is 17.5 Å². The molecule has 1 saturated heterocycles. The lowest BCUT2D eigenvalue weighted by Gasteiger charge is -2.33. The average molecular weight is 300 g/mol. The zero-order valence-corrected chi connectivity index (χ0v) is 12.6. The van der Waals surface area contributed by atoms with Crippen molar-refractivity contribution in [2.75, 3.05) is 26.7 Å². The standard InChI is InChI=1S/C16H23F3N2/c1-3-20-10-11-6-4-5-7-21(2)16(11)12-8-14(18)15(19)9-13(12)17/h8-9,11,16,20H,3-7,10H2,1-2H3. The molecule has 1 aliphatic heterocycles. The van der Waals surface area contributed by atoms with Gasteiger partial charge >= 0.3 is 0 Å². The number of nitrogens with one attached hydrogen (secondary N) is 1. The van der Waals surface area contributed by atoms with E-state index in [4.69, 9.17) is 0 Å². The lowest BCUT2D eigenvalue weighted by molar-refractivity contribution is 0.184. The summed E-state index contributed by atoms with van der Waals surface area (Å²) in [4.78, 5) is 2.06. The highest BCUT2D eigenvalue weighted by Gasteiger charge is 2.31. The van der Waals surface area contributed by atoms with Crippen LogP contribution in [0.15, 0.2) is 12.1 Å². The fourth-order valence-corrected chi connectivity index (χ4v) is 3.22. The van der Waals surface area contributed by atoms with Crippen LogP contribution in [0.2, 0.25) is 0 Å². The number of nitrogens with zero attached hydrogens (tertiary/aromatic N) is 1. The van der Waals surface area contributed by atoms with Crippen LogP contribution in [0.5, 0.6) is 0 Å². The third-order valence-corrected chi connectivity index (χ3v) is 4.27. The first kappa shape index (κ1) is 16.3. The molecule has 2 nitrogen and oxygen atoms in total. The molecule has 0 spiro atoms. The van der Waals surface area contributed by atoms with E-state index in [0.717, 1.165) is 45.0 Å². The quantitative estimate of drug-likeness (QED) is 0.856. The average Bonchev–Trinajstić information content (AvgIpc) is 2.62. The van der Waals surface area contributed by atoms with E-state index in [1.165, 1.54) is 0 Å². The molecule has 1 heterocycles. The molecule has 0 bridgehead atoms. The Morgan fingerprint density at radius 3 is 2.57 bits per heavy atom. The molecular weight excluding hydrogens is 277 g/mol. The molecule has 1 aromatic carbocycles. The van der Waals surface area contributed by atoms with Crippen LogP contribution in [-0.2, 0) is 0 Å². The maximum atomic E-state index is 14.2. The van der Waals surface area contributed by atoms with Crippen LogP contribution < -0.4 is 5.32 Å². The molecule has 0 saturated carbocycles. The number of hydrogen-bond acceptors (Lipinski definition) is 2. The van der Waals surface area contributed by atoms with Gasteiger partial charge in [0.15, 0.2) is 11.6 Å². The second kappa shape index (κ2) is 7.27. The summed E-state index contributed by atoms with van der Waals surface area (Å²) in [7, 11) is 1.93. The third kappa shape index (κ3) is 3.77. The fourth-order valence-electron chi connectivity index (χ4n) is 3.22. The van der Waals surface area contributed by atoms with E-state index in [1.54, 1.807) is 0 Å². The summed E-state index contributed by atoms with van der Waals surface area (Å²) in [6.07, 6.45) is 3.07. The van der Waals surface area contributed by atoms with Crippen molar-refractivity contribution in [1.82, 2.24) is 10.2 Å². The normalized spacial score (nSPS) is 24.0. The van der Waals surface area contributed by atoms with Crippen molar-refractivity contribution in [1.29, 1.82) is 0 Å². The van der Waals surface area contributed by atoms with Gasteiger partial charge in [0.1, 0.15) is 5.82 Å². The second-order valence-electron chi connectivity index (χ2n) is 5.78. The maximum absolute atomic E-state index is 14.2. The largest absolute Gasteiger partial charge is 0.317 e. The minimum absolute atomic E-state index is 0.191. The van der Waals surface area contributed by atoms with Crippen molar-refractivity contribution in [2.24, 2.45) is 5.92 Å². The summed E-state index contributed by atoms with van der Waals surface area (Å²) in [5.41, 5.74) is 0.265. The molecule has 0 aromatic heterocycles. The van der Waals surface area contributed by atoms with Gasteiger partial charge in [-0.05, 0) is 51.5 Å². The van der Waals surface area contributed by atoms with E-state index in [1.807, 2.05) is 14.0 Å². The monoisotopic (exact) mass is 300 g/mol. The number of halogens is 3. The van der Waals surface area contributed by atoms with Gasteiger partial charge in [-0.3, -0.25) is 4.90 Å². The first-order chi connectivity index (χ1) is 10.0. The second-order valence-corrected chi connectivity index (χ2v) is 5.78. The molecule has 1 aromatic rings. The Bertz CT molecular complexity index is 479. The van der Waals surface area contributed by atoms with Gasteiger partial charge in [0.25, 0.3) is 0 Å². The Morgan fingerprint density at radius 2 is 1.86 bits per heavy atom. The van der Waals surface area contributed by atoms with Gasteiger partial charge in [0.2, 0.25) is 0 Å². The molecule has 21 heavy (non-hydrogen) atoms. The Kier molecular flexibility index (Phi) is 5.65. The lowest BCUT2D eigenvalue weighted by Crippen LogP contribution is -2.35. The minimum Gasteiger partial charge on any atom is -0.317 e. The summed E-state index contributed by atoms with van der Waals surface area (Å²) in [6.45, 7) is 4.45. The predicted octanol–water partition coefficient (Wildman–Crippen LogP) is 3.49. The lowest BCUT2D eigenvalue weighted by atomic mass is 9.88. The van der Waals surface area contributed by atoms with Crippen LogP contribution >= 0.6 is 0 Å². The van der Waals surface area contributed by atoms with Crippen molar-refractivity contribution in [2.45, 2.75) is 32.2 Å². The first-order valence-electron chi connectivity index (χ1n) is 7.60. The predicted molar refractivity (Wildman–Crippen MR) is 77.6 cm³/mol. The SMILES string of the molecule is CCNCC1CCCCN(C)C1c1cc(F)c(F)cc1F. The third-order valence-electron chi connectivity index (χ3n) is 4.27. The van der Waals surface area contributed by atoms with Crippen molar-refractivity contribution in [3.63, 3.8) is 0 Å². The Morgan fingerprint density at radius 1 is 1.14 bits per heavy atom. The van der Waals surface area contributed by atoms with E-state index in [9.17, 15) is 13.2 Å². The Labute approximate surface area is 124 Å². The highest BCUT2D eigenvalue weighted by Crippen LogP contribution is 2.35. The molecule has 0 aliphatic carbocycles. The molecule has 1 aliphatic rings. The molecule has 2 atom stereocenters. The van der Waals surface area contributed by atoms with Gasteiger partial charge < -0.3 is 5.32 Å². The highest BCUT2D eigenvalue weighted by atomic mass is 19.2. The molecule has 118 valence electrons. The van der Waals surface area contributed by atoms with Gasteiger partial charge in [0, 0.05) is 17.7 Å². The molecule has 2 unspecified atom stereocenters. The Balaban J connectivity index is 2.36. The maximum Gasteiger partial charge on any atom is 0.161 e. The number of benzene rings is 1. The van der Waals surface area contributed by atoms with Crippen molar-refractivity contribution < 1.29 is 13.2 Å². The fraction of sp³-hybridized carbons (Fsp3) is 0.625. The van der Waals surface area contributed by atoms with E-state index in [0.29, 0.717) is 6.07 Å². The minimum atomic E-state index is -1.13. The smallest absolute Gasteiger partial charge is 0.161 e. The van der Waals surface area contributed by atoms with Gasteiger partial charge in [-0.2, -0.15) is 0 Å². The summed E-state index contributed by atoms with van der Waals surface area (Å²) in [5.74, 6) is -2.58. The Hall–Kier alpha value is -1.07. The van der Waals surface area contributed by atoms with E-state index >= 15 is 0 Å². The van der Waals surface area contributed by atoms with Gasteiger partial charge in [-0.15, -0.1) is 0 Å². The van der Waals surface area contributed by atoms with Crippen LogP contribution in [0.4, 0.5) is 13.2 Å². The summed E-state index contributed by atoms with van der Waals surface area (Å²) >= 11 is 0. The molecule has 2 rings (SSSR count). The van der Waals surface area contributed by atoms with Gasteiger partial charge in [-0.25, -0.2) is 13.2 Å². The number of likely N-dealkylation sites (tertiary alicyclic amines) is 1. The van der Waals surface area contributed by atoms with Gasteiger partial charge in [-0.1, -0.05) is 13.3 Å². The highest BCUT2D eigenvalue weighted by molar-refractivity contribution is 5.24. The van der Waals surface area contributed by atoms with Crippen LogP contribution in [0.25, 0.3) is 0 Å². The molecule has 1 N–H and O–H groups in total. The number of rotatable bonds is 4.